The summed E-state index contributed by atoms with van der Waals surface area (Å²) in [5.41, 5.74) is 1.74. The Morgan fingerprint density at radius 2 is 1.90 bits per heavy atom. The molecular weight excluding hydrogens is 391 g/mol. The lowest BCUT2D eigenvalue weighted by Gasteiger charge is -2.25. The summed E-state index contributed by atoms with van der Waals surface area (Å²) in [6.45, 7) is 3.89. The van der Waals surface area contributed by atoms with E-state index in [0.29, 0.717) is 22.0 Å². The van der Waals surface area contributed by atoms with Crippen LogP contribution in [0.4, 0.5) is 14.9 Å². The van der Waals surface area contributed by atoms with Crippen LogP contribution < -0.4 is 9.64 Å². The van der Waals surface area contributed by atoms with Gasteiger partial charge in [0, 0.05) is 11.6 Å². The summed E-state index contributed by atoms with van der Waals surface area (Å²) in [5, 5.41) is 0.636. The Labute approximate surface area is 172 Å². The number of fused-ring (bicyclic) bond motifs is 1. The SMILES string of the molecule is COc1cccc(N2C(=O)C3C(C)=C(C)SC3=[N+](Cc3ccccc3F)C2=O)c1. The van der Waals surface area contributed by atoms with Gasteiger partial charge in [-0.3, -0.25) is 0 Å². The Hall–Kier alpha value is -2.93. The van der Waals surface area contributed by atoms with E-state index in [0.717, 1.165) is 10.5 Å². The summed E-state index contributed by atoms with van der Waals surface area (Å²) in [6.07, 6.45) is 0. The molecule has 0 saturated heterocycles. The molecule has 4 rings (SSSR count). The van der Waals surface area contributed by atoms with Gasteiger partial charge in [0.2, 0.25) is 0 Å². The van der Waals surface area contributed by atoms with Crippen molar-refractivity contribution in [3.63, 3.8) is 0 Å². The number of methoxy groups -OCH3 is 1. The Bertz CT molecular complexity index is 1090. The Morgan fingerprint density at radius 3 is 2.62 bits per heavy atom. The molecule has 2 aromatic carbocycles. The highest BCUT2D eigenvalue weighted by molar-refractivity contribution is 8.17. The van der Waals surface area contributed by atoms with Gasteiger partial charge in [-0.25, -0.2) is 9.18 Å². The van der Waals surface area contributed by atoms with E-state index in [4.69, 9.17) is 4.74 Å². The highest BCUT2D eigenvalue weighted by Crippen LogP contribution is 2.42. The standard InChI is InChI=1S/C22H20FN2O3S/c1-13-14(2)29-21-19(13)20(26)25(16-8-6-9-17(11-16)28-3)22(27)24(21)12-15-7-4-5-10-18(15)23/h4-11,19H,12H2,1-3H3/q+1. The van der Waals surface area contributed by atoms with Crippen LogP contribution in [0.2, 0.25) is 0 Å². The number of nitrogens with zero attached hydrogens (tertiary/aromatic N) is 2. The number of carbonyl (C=O) groups is 2. The number of ether oxygens (including phenoxy) is 1. The number of anilines is 1. The van der Waals surface area contributed by atoms with E-state index >= 15 is 0 Å². The molecule has 0 N–H and O–H groups in total. The third-order valence-electron chi connectivity index (χ3n) is 5.25. The molecule has 1 unspecified atom stereocenters. The van der Waals surface area contributed by atoms with Gasteiger partial charge in [0.25, 0.3) is 0 Å². The number of halogens is 1. The van der Waals surface area contributed by atoms with Crippen LogP contribution in [0.1, 0.15) is 19.4 Å². The van der Waals surface area contributed by atoms with Crippen molar-refractivity contribution in [2.75, 3.05) is 12.0 Å². The van der Waals surface area contributed by atoms with Gasteiger partial charge >= 0.3 is 11.9 Å². The average Bonchev–Trinajstić information content (AvgIpc) is 3.01. The summed E-state index contributed by atoms with van der Waals surface area (Å²) >= 11 is 1.41. The average molecular weight is 411 g/mol. The normalized spacial score (nSPS) is 19.2. The van der Waals surface area contributed by atoms with E-state index in [2.05, 4.69) is 0 Å². The lowest BCUT2D eigenvalue weighted by Crippen LogP contribution is -2.53. The quantitative estimate of drug-likeness (QED) is 0.692. The number of hydrogen-bond donors (Lipinski definition) is 0. The highest BCUT2D eigenvalue weighted by Gasteiger charge is 2.53. The summed E-state index contributed by atoms with van der Waals surface area (Å²) in [4.78, 5) is 28.9. The molecule has 1 atom stereocenters. The summed E-state index contributed by atoms with van der Waals surface area (Å²) in [6, 6.07) is 12.7. The van der Waals surface area contributed by atoms with Crippen molar-refractivity contribution in [3.8, 4) is 5.75 Å². The van der Waals surface area contributed by atoms with E-state index in [1.165, 1.54) is 34.4 Å². The van der Waals surface area contributed by atoms with Crippen molar-refractivity contribution < 1.29 is 23.3 Å². The van der Waals surface area contributed by atoms with Gasteiger partial charge in [0.1, 0.15) is 23.8 Å². The molecule has 7 heteroatoms. The Morgan fingerprint density at radius 1 is 1.14 bits per heavy atom. The highest BCUT2D eigenvalue weighted by atomic mass is 32.2. The van der Waals surface area contributed by atoms with E-state index in [1.54, 1.807) is 42.5 Å². The third kappa shape index (κ3) is 3.25. The topological polar surface area (TPSA) is 49.6 Å². The number of amides is 3. The zero-order valence-electron chi connectivity index (χ0n) is 16.3. The first-order chi connectivity index (χ1) is 13.9. The lowest BCUT2D eigenvalue weighted by molar-refractivity contribution is -0.443. The van der Waals surface area contributed by atoms with Crippen LogP contribution in [-0.2, 0) is 11.3 Å². The fourth-order valence-electron chi connectivity index (χ4n) is 3.55. The third-order valence-corrected chi connectivity index (χ3v) is 6.54. The molecule has 0 aromatic heterocycles. The number of benzene rings is 2. The van der Waals surface area contributed by atoms with Crippen LogP contribution in [-0.4, -0.2) is 28.7 Å². The second-order valence-corrected chi connectivity index (χ2v) is 8.18. The number of rotatable bonds is 4. The van der Waals surface area contributed by atoms with Gasteiger partial charge in [-0.1, -0.05) is 36.0 Å². The van der Waals surface area contributed by atoms with Crippen molar-refractivity contribution in [1.82, 2.24) is 0 Å². The minimum Gasteiger partial charge on any atom is -0.497 e. The van der Waals surface area contributed by atoms with Gasteiger partial charge in [0.15, 0.2) is 11.0 Å². The number of carbonyl (C=O) groups excluding carboxylic acids is 2. The van der Waals surface area contributed by atoms with E-state index in [1.807, 2.05) is 13.8 Å². The number of allylic oxidation sites excluding steroid dienone is 1. The molecule has 0 spiro atoms. The minimum absolute atomic E-state index is 0.0542. The molecule has 148 valence electrons. The number of hydrogen-bond acceptors (Lipinski definition) is 4. The zero-order chi connectivity index (χ0) is 20.7. The summed E-state index contributed by atoms with van der Waals surface area (Å²) < 4.78 is 21.1. The van der Waals surface area contributed by atoms with Crippen molar-refractivity contribution in [1.29, 1.82) is 0 Å². The zero-order valence-corrected chi connectivity index (χ0v) is 17.1. The first-order valence-electron chi connectivity index (χ1n) is 9.17. The van der Waals surface area contributed by atoms with Crippen LogP contribution in [0.3, 0.4) is 0 Å². The molecule has 29 heavy (non-hydrogen) atoms. The largest absolute Gasteiger partial charge is 0.506 e. The Balaban J connectivity index is 1.84. The molecule has 2 heterocycles. The van der Waals surface area contributed by atoms with Gasteiger partial charge in [0.05, 0.1) is 7.11 Å². The summed E-state index contributed by atoms with van der Waals surface area (Å²) in [5.74, 6) is -0.685. The second kappa shape index (κ2) is 7.48. The van der Waals surface area contributed by atoms with Crippen molar-refractivity contribution in [2.45, 2.75) is 20.4 Å². The van der Waals surface area contributed by atoms with E-state index < -0.39 is 11.9 Å². The minimum atomic E-state index is -0.546. The lowest BCUT2D eigenvalue weighted by atomic mass is 9.97. The number of urea groups is 1. The molecule has 0 radical (unpaired) electrons. The van der Waals surface area contributed by atoms with E-state index in [9.17, 15) is 14.0 Å². The van der Waals surface area contributed by atoms with E-state index in [-0.39, 0.29) is 18.3 Å². The molecule has 2 aromatic rings. The van der Waals surface area contributed by atoms with Crippen molar-refractivity contribution >= 4 is 34.4 Å². The fraction of sp³-hybridized carbons (Fsp3) is 0.227. The monoisotopic (exact) mass is 411 g/mol. The smallest absolute Gasteiger partial charge is 0.497 e. The molecule has 0 fully saturated rings. The van der Waals surface area contributed by atoms with Gasteiger partial charge in [-0.15, -0.1) is 4.90 Å². The number of imide groups is 1. The maximum Gasteiger partial charge on any atom is 0.506 e. The molecule has 2 aliphatic heterocycles. The molecular formula is C22H20FN2O3S+. The maximum atomic E-state index is 14.3. The predicted octanol–water partition coefficient (Wildman–Crippen LogP) is 4.57. The predicted molar refractivity (Wildman–Crippen MR) is 111 cm³/mol. The maximum absolute atomic E-state index is 14.3. The van der Waals surface area contributed by atoms with Gasteiger partial charge in [-0.05, 0) is 42.5 Å². The summed E-state index contributed by atoms with van der Waals surface area (Å²) in [7, 11) is 1.53. The molecule has 2 aliphatic rings. The first kappa shape index (κ1) is 19.4. The van der Waals surface area contributed by atoms with Crippen LogP contribution >= 0.6 is 11.8 Å². The fourth-order valence-corrected chi connectivity index (χ4v) is 4.80. The molecule has 0 aliphatic carbocycles. The molecule has 0 saturated carbocycles. The molecule has 5 nitrogen and oxygen atoms in total. The van der Waals surface area contributed by atoms with Crippen LogP contribution in [0.15, 0.2) is 59.0 Å². The van der Waals surface area contributed by atoms with Gasteiger partial charge in [-0.2, -0.15) is 9.37 Å². The number of thioether (sulfide) groups is 1. The van der Waals surface area contributed by atoms with Crippen LogP contribution in [0.5, 0.6) is 5.75 Å². The Kier molecular flexibility index (Phi) is 5.00. The second-order valence-electron chi connectivity index (χ2n) is 6.95. The van der Waals surface area contributed by atoms with Crippen molar-refractivity contribution in [2.24, 2.45) is 5.92 Å². The van der Waals surface area contributed by atoms with Crippen molar-refractivity contribution in [3.05, 3.63) is 70.4 Å². The van der Waals surface area contributed by atoms with Crippen LogP contribution in [0.25, 0.3) is 0 Å². The molecule has 3 amide bonds. The van der Waals surface area contributed by atoms with Crippen LogP contribution in [0, 0.1) is 11.7 Å². The first-order valence-corrected chi connectivity index (χ1v) is 9.99. The molecule has 0 bridgehead atoms. The van der Waals surface area contributed by atoms with Gasteiger partial charge < -0.3 is 4.74 Å².